The standard InChI is InChI=1S/C54H87NO13/c1-34(2)18-13-11-10-12-16-27-66-48(59)21-17-19-41-29-35(3)28-36(4)30-46(64-8)50-47(65-9)32-38(6)54(63,68-50)51(60)52(61)55-26-15-14-20-43(55)53(62)67-49(39(7)44(57)33-45(41)58)37(5)31-40-22-24-42(56)25-23-40/h17,21,29,31,34,36,38-44,46-47,49-50,56-57,63H,10-16,18-20,22-28,30,32-33H2,1-9H3/b21-17+,35-29+,37-31+/t36-,38+,39+,40-,41+,42-,43-,44-,46-,47-,49+,50+,54+/m0/s1. The van der Waals surface area contributed by atoms with Crippen molar-refractivity contribution in [1.29, 1.82) is 0 Å². The van der Waals surface area contributed by atoms with E-state index in [2.05, 4.69) is 13.8 Å². The van der Waals surface area contributed by atoms with E-state index in [0.29, 0.717) is 56.6 Å². The van der Waals surface area contributed by atoms with Gasteiger partial charge in [-0.15, -0.1) is 0 Å². The summed E-state index contributed by atoms with van der Waals surface area (Å²) >= 11 is 0. The van der Waals surface area contributed by atoms with E-state index in [1.807, 2.05) is 32.9 Å². The van der Waals surface area contributed by atoms with Gasteiger partial charge in [-0.25, -0.2) is 9.59 Å². The van der Waals surface area contributed by atoms with Crippen molar-refractivity contribution in [2.45, 2.75) is 212 Å². The number of aliphatic hydroxyl groups is 3. The number of fused-ring (bicyclic) bond motifs is 3. The van der Waals surface area contributed by atoms with Crippen LogP contribution in [0.5, 0.6) is 0 Å². The number of nitrogens with zero attached hydrogens (tertiary/aromatic N) is 1. The summed E-state index contributed by atoms with van der Waals surface area (Å²) in [5, 5.41) is 34.3. The lowest BCUT2D eigenvalue weighted by Crippen LogP contribution is -2.64. The van der Waals surface area contributed by atoms with Crippen LogP contribution in [0.4, 0.5) is 0 Å². The molecule has 3 aliphatic heterocycles. The van der Waals surface area contributed by atoms with Crippen LogP contribution in [0.15, 0.2) is 35.5 Å². The van der Waals surface area contributed by atoms with E-state index in [4.69, 9.17) is 23.7 Å². The van der Waals surface area contributed by atoms with Gasteiger partial charge in [0.2, 0.25) is 5.79 Å². The molecule has 3 heterocycles. The van der Waals surface area contributed by atoms with Gasteiger partial charge in [0.25, 0.3) is 11.7 Å². The third-order valence-electron chi connectivity index (χ3n) is 14.9. The molecule has 11 atom stereocenters. The monoisotopic (exact) mass is 958 g/mol. The number of piperidine rings is 1. The Labute approximate surface area is 407 Å². The van der Waals surface area contributed by atoms with Gasteiger partial charge in [0.1, 0.15) is 24.0 Å². The number of ketones is 2. The van der Waals surface area contributed by atoms with Crippen LogP contribution in [0.2, 0.25) is 0 Å². The van der Waals surface area contributed by atoms with Crippen molar-refractivity contribution in [1.82, 2.24) is 4.90 Å². The summed E-state index contributed by atoms with van der Waals surface area (Å²) < 4.78 is 29.9. The predicted octanol–water partition coefficient (Wildman–Crippen LogP) is 7.92. The summed E-state index contributed by atoms with van der Waals surface area (Å²) in [5.41, 5.74) is 1.56. The van der Waals surface area contributed by atoms with E-state index in [1.165, 1.54) is 44.5 Å². The first kappa shape index (κ1) is 57.3. The molecule has 3 fully saturated rings. The molecule has 14 heteroatoms. The van der Waals surface area contributed by atoms with Crippen molar-refractivity contribution >= 4 is 29.4 Å². The zero-order valence-electron chi connectivity index (χ0n) is 42.8. The molecule has 386 valence electrons. The molecule has 0 aromatic carbocycles. The third-order valence-corrected chi connectivity index (χ3v) is 14.9. The molecule has 1 saturated carbocycles. The van der Waals surface area contributed by atoms with Crippen molar-refractivity contribution in [2.24, 2.45) is 35.5 Å². The number of hydrogen-bond donors (Lipinski definition) is 3. The minimum Gasteiger partial charge on any atom is -0.463 e. The average molecular weight is 958 g/mol. The quantitative estimate of drug-likeness (QED) is 0.0471. The van der Waals surface area contributed by atoms with Crippen LogP contribution in [0.3, 0.4) is 0 Å². The van der Waals surface area contributed by atoms with Crippen molar-refractivity contribution < 1.29 is 63.0 Å². The molecular formula is C54H87NO13. The highest BCUT2D eigenvalue weighted by molar-refractivity contribution is 6.39. The maximum Gasteiger partial charge on any atom is 0.330 e. The summed E-state index contributed by atoms with van der Waals surface area (Å²) in [5.74, 6) is -7.86. The summed E-state index contributed by atoms with van der Waals surface area (Å²) in [6.45, 7) is 14.0. The molecule has 1 aliphatic carbocycles. The number of hydrogen-bond acceptors (Lipinski definition) is 13. The SMILES string of the molecule is CO[C@H]1C[C@@H](C)C/C(C)=C/[C@@H](C/C=C/C(=O)OCCCCCCCC(C)C)C(=O)C[C@H](O)[C@@H](C)[C@@H](/C(C)=C/[C@H]2CC[C@H](O)CC2)OC(=O)[C@@H]2CCCCN2C(=O)C(=O)[C@]2(O)O[C@H]1[C@@H](OC)C[C@H]2C. The van der Waals surface area contributed by atoms with E-state index in [9.17, 15) is 39.3 Å². The number of amides is 1. The van der Waals surface area contributed by atoms with Crippen LogP contribution in [-0.4, -0.2) is 125 Å². The lowest BCUT2D eigenvalue weighted by atomic mass is 9.82. The Morgan fingerprint density at radius 2 is 1.57 bits per heavy atom. The molecular weight excluding hydrogens is 871 g/mol. The van der Waals surface area contributed by atoms with Crippen molar-refractivity contribution in [3.63, 3.8) is 0 Å². The van der Waals surface area contributed by atoms with Gasteiger partial charge in [-0.2, -0.15) is 0 Å². The number of carbonyl (C=O) groups is 5. The predicted molar refractivity (Wildman–Crippen MR) is 259 cm³/mol. The lowest BCUT2D eigenvalue weighted by Gasteiger charge is -2.47. The minimum atomic E-state index is -2.54. The normalized spacial score (nSPS) is 35.3. The fourth-order valence-electron chi connectivity index (χ4n) is 10.7. The van der Waals surface area contributed by atoms with Gasteiger partial charge < -0.3 is 43.9 Å². The second-order valence-corrected chi connectivity index (χ2v) is 21.2. The Morgan fingerprint density at radius 3 is 2.25 bits per heavy atom. The van der Waals surface area contributed by atoms with Crippen molar-refractivity contribution in [3.8, 4) is 0 Å². The average Bonchev–Trinajstić information content (AvgIpc) is 3.30. The number of rotatable bonds is 15. The molecule has 0 radical (unpaired) electrons. The highest BCUT2D eigenvalue weighted by Gasteiger charge is 2.56. The largest absolute Gasteiger partial charge is 0.463 e. The minimum absolute atomic E-state index is 0.0569. The van der Waals surface area contributed by atoms with Gasteiger partial charge in [0.15, 0.2) is 0 Å². The van der Waals surface area contributed by atoms with Crippen LogP contribution < -0.4 is 0 Å². The van der Waals surface area contributed by atoms with Gasteiger partial charge in [-0.05, 0) is 114 Å². The Bertz CT molecular complexity index is 1730. The van der Waals surface area contributed by atoms with Gasteiger partial charge >= 0.3 is 11.9 Å². The van der Waals surface area contributed by atoms with Crippen LogP contribution >= 0.6 is 0 Å². The molecule has 0 unspecified atom stereocenters. The Kier molecular flexibility index (Phi) is 23.6. The van der Waals surface area contributed by atoms with E-state index < -0.39 is 83.7 Å². The molecule has 0 spiro atoms. The van der Waals surface area contributed by atoms with Gasteiger partial charge in [-0.3, -0.25) is 14.4 Å². The summed E-state index contributed by atoms with van der Waals surface area (Å²) in [7, 11) is 3.04. The Balaban J connectivity index is 1.67. The van der Waals surface area contributed by atoms with Crippen LogP contribution in [0.1, 0.15) is 164 Å². The first-order valence-corrected chi connectivity index (χ1v) is 25.9. The molecule has 1 amide bonds. The van der Waals surface area contributed by atoms with Crippen molar-refractivity contribution in [2.75, 3.05) is 27.4 Å². The van der Waals surface area contributed by atoms with E-state index in [1.54, 1.807) is 19.9 Å². The van der Waals surface area contributed by atoms with Gasteiger partial charge in [0, 0.05) is 51.0 Å². The summed E-state index contributed by atoms with van der Waals surface area (Å²) in [6, 6.07) is -1.16. The number of aliphatic hydroxyl groups excluding tert-OH is 2. The first-order chi connectivity index (χ1) is 32.3. The number of cyclic esters (lactones) is 1. The maximum absolute atomic E-state index is 14.4. The number of carbonyl (C=O) groups excluding carboxylic acids is 5. The molecule has 0 aromatic rings. The topological polar surface area (TPSA) is 195 Å². The number of allylic oxidation sites excluding steroid dienone is 4. The summed E-state index contributed by atoms with van der Waals surface area (Å²) in [6.07, 6.45) is 13.6. The van der Waals surface area contributed by atoms with Gasteiger partial charge in [0.05, 0.1) is 31.0 Å². The number of methoxy groups -OCH3 is 2. The highest BCUT2D eigenvalue weighted by atomic mass is 16.7. The van der Waals surface area contributed by atoms with E-state index >= 15 is 0 Å². The van der Waals surface area contributed by atoms with E-state index in [0.717, 1.165) is 37.7 Å². The lowest BCUT2D eigenvalue weighted by molar-refractivity contribution is -0.302. The molecule has 2 bridgehead atoms. The zero-order chi connectivity index (χ0) is 50.1. The second kappa shape index (κ2) is 27.9. The van der Waals surface area contributed by atoms with Crippen LogP contribution in [0.25, 0.3) is 0 Å². The molecule has 0 aromatic heterocycles. The maximum atomic E-state index is 14.4. The number of unbranched alkanes of at least 4 members (excludes halogenated alkanes) is 4. The second-order valence-electron chi connectivity index (χ2n) is 21.2. The Morgan fingerprint density at radius 1 is 0.912 bits per heavy atom. The van der Waals surface area contributed by atoms with E-state index in [-0.39, 0.29) is 56.0 Å². The Hall–Kier alpha value is -3.27. The molecule has 14 nitrogen and oxygen atoms in total. The number of esters is 2. The zero-order valence-corrected chi connectivity index (χ0v) is 42.8. The molecule has 3 N–H and O–H groups in total. The summed E-state index contributed by atoms with van der Waals surface area (Å²) in [4.78, 5) is 71.4. The third kappa shape index (κ3) is 16.7. The number of ether oxygens (including phenoxy) is 5. The number of Topliss-reactive ketones (excluding diaryl/α,β-unsaturated/α-hetero) is 2. The first-order valence-electron chi connectivity index (χ1n) is 25.9. The smallest absolute Gasteiger partial charge is 0.330 e. The molecule has 68 heavy (non-hydrogen) atoms. The van der Waals surface area contributed by atoms with Crippen molar-refractivity contribution in [3.05, 3.63) is 35.5 Å². The fraction of sp³-hybridized carbons (Fsp3) is 0.796. The molecule has 2 saturated heterocycles. The van der Waals surface area contributed by atoms with Crippen LogP contribution in [-0.2, 0) is 47.7 Å². The molecule has 4 rings (SSSR count). The fourth-order valence-corrected chi connectivity index (χ4v) is 10.7. The van der Waals surface area contributed by atoms with Gasteiger partial charge in [-0.1, -0.05) is 90.5 Å². The van der Waals surface area contributed by atoms with Crippen LogP contribution in [0, 0.1) is 35.5 Å². The molecule has 4 aliphatic rings. The highest BCUT2D eigenvalue weighted by Crippen LogP contribution is 2.39.